The first-order chi connectivity index (χ1) is 41.7. The van der Waals surface area contributed by atoms with E-state index in [0.29, 0.717) is 16.9 Å². The summed E-state index contributed by atoms with van der Waals surface area (Å²) in [7, 11) is -3.63. The quantitative estimate of drug-likeness (QED) is 0.0709. The number of benzene rings is 13. The van der Waals surface area contributed by atoms with Crippen LogP contribution in [0, 0.1) is 20.8 Å². The molecule has 4 heterocycles. The molecular weight excluding hydrogens is 1090 g/mol. The Morgan fingerprint density at radius 2 is 0.767 bits per heavy atom. The molecule has 86 heavy (non-hydrogen) atoms. The van der Waals surface area contributed by atoms with Crippen LogP contribution in [0.3, 0.4) is 0 Å². The predicted molar refractivity (Wildman–Crippen MR) is 348 cm³/mol. The maximum Gasteiger partial charge on any atom is 0.416 e. The molecule has 2 nitrogen and oxygen atoms in total. The van der Waals surface area contributed by atoms with Gasteiger partial charge in [-0.05, 0) is 189 Å². The smallest absolute Gasteiger partial charge is 0.311 e. The number of hydrogen-bond donors (Lipinski definition) is 0. The zero-order valence-electron chi connectivity index (χ0n) is 46.8. The van der Waals surface area contributed by atoms with E-state index in [-0.39, 0.29) is 0 Å². The number of aryl methyl sites for hydroxylation is 3. The molecule has 410 valence electrons. The highest BCUT2D eigenvalue weighted by Gasteiger charge is 2.50. The lowest BCUT2D eigenvalue weighted by molar-refractivity contribution is -0.138. The van der Waals surface area contributed by atoms with Crippen molar-refractivity contribution >= 4 is 141 Å². The maximum atomic E-state index is 16.2. The van der Waals surface area contributed by atoms with Crippen molar-refractivity contribution in [2.75, 3.05) is 9.80 Å². The topological polar surface area (TPSA) is 6.48 Å². The first kappa shape index (κ1) is 50.9. The van der Waals surface area contributed by atoms with E-state index in [1.165, 1.54) is 24.3 Å². The van der Waals surface area contributed by atoms with E-state index in [9.17, 15) is 0 Å². The van der Waals surface area contributed by atoms with E-state index >= 15 is 26.3 Å². The second-order valence-corrected chi connectivity index (χ2v) is 27.6. The van der Waals surface area contributed by atoms with Crippen LogP contribution in [0.2, 0.25) is 0 Å². The molecule has 4 aliphatic rings. The largest absolute Gasteiger partial charge is 0.416 e. The summed E-state index contributed by atoms with van der Waals surface area (Å²) in [5.74, 6) is 0. The number of rotatable bonds is 6. The van der Waals surface area contributed by atoms with Crippen molar-refractivity contribution in [1.82, 2.24) is 0 Å². The summed E-state index contributed by atoms with van der Waals surface area (Å²) in [6, 6.07) is 78.4. The van der Waals surface area contributed by atoms with Gasteiger partial charge in [0.1, 0.15) is 0 Å². The summed E-state index contributed by atoms with van der Waals surface area (Å²) < 4.78 is 94.3. The molecule has 0 aliphatic carbocycles. The summed E-state index contributed by atoms with van der Waals surface area (Å²) in [5.41, 5.74) is 14.4. The Labute approximate surface area is 494 Å². The molecule has 0 amide bonds. The molecular formula is C75H48B2F6N2Si. The summed E-state index contributed by atoms with van der Waals surface area (Å²) in [5, 5.41) is 10.1. The summed E-state index contributed by atoms with van der Waals surface area (Å²) in [4.78, 5) is 4.05. The third kappa shape index (κ3) is 6.94. The fraction of sp³-hybridized carbons (Fsp3) is 0.0667. The predicted octanol–water partition coefficient (Wildman–Crippen LogP) is 13.5. The van der Waals surface area contributed by atoms with Crippen LogP contribution < -0.4 is 63.3 Å². The van der Waals surface area contributed by atoms with Crippen LogP contribution in [0.4, 0.5) is 60.5 Å². The molecule has 0 fully saturated rings. The molecule has 13 aromatic rings. The van der Waals surface area contributed by atoms with Crippen molar-refractivity contribution < 1.29 is 26.3 Å². The summed E-state index contributed by atoms with van der Waals surface area (Å²) >= 11 is 0. The van der Waals surface area contributed by atoms with E-state index in [1.807, 2.05) is 95.6 Å². The molecule has 0 aromatic heterocycles. The zero-order chi connectivity index (χ0) is 58.3. The van der Waals surface area contributed by atoms with Crippen molar-refractivity contribution in [2.24, 2.45) is 0 Å². The first-order valence-corrected chi connectivity index (χ1v) is 31.1. The second kappa shape index (κ2) is 18.0. The fourth-order valence-corrected chi connectivity index (χ4v) is 20.8. The van der Waals surface area contributed by atoms with Crippen LogP contribution in [0.15, 0.2) is 237 Å². The number of halogens is 6. The van der Waals surface area contributed by atoms with Crippen LogP contribution in [-0.2, 0) is 12.4 Å². The van der Waals surface area contributed by atoms with Gasteiger partial charge in [-0.1, -0.05) is 193 Å². The third-order valence-corrected chi connectivity index (χ3v) is 23.9. The molecule has 17 rings (SSSR count). The van der Waals surface area contributed by atoms with Gasteiger partial charge in [0.15, 0.2) is 8.07 Å². The molecule has 13 aromatic carbocycles. The lowest BCUT2D eigenvalue weighted by Crippen LogP contribution is -2.75. The molecule has 0 radical (unpaired) electrons. The third-order valence-electron chi connectivity index (χ3n) is 19.1. The molecule has 4 aliphatic heterocycles. The normalized spacial score (nSPS) is 13.8. The lowest BCUT2D eigenvalue weighted by Gasteiger charge is -2.43. The summed E-state index contributed by atoms with van der Waals surface area (Å²) in [6.07, 6.45) is -9.33. The van der Waals surface area contributed by atoms with Crippen LogP contribution in [0.1, 0.15) is 27.8 Å². The van der Waals surface area contributed by atoms with Crippen LogP contribution in [0.25, 0.3) is 54.6 Å². The SMILES string of the molecule is Cc1ccc2c(c1)N(c1ccccc1)c1cc(C(F)(F)F)cc3c1B2c1cc2c(C)cc4c5c(cc6c([Si](c7ccccc7)(c7ccccc7)c7ccccc7)cc-3c1c6c25)B1c2ccc(C(F)(F)F)cc2N(c2ccccc2)c2cc(C)cc-4c21. The van der Waals surface area contributed by atoms with Gasteiger partial charge in [-0.25, -0.2) is 0 Å². The van der Waals surface area contributed by atoms with Crippen LogP contribution in [-0.4, -0.2) is 21.5 Å². The number of para-hydroxylation sites is 2. The molecule has 11 heteroatoms. The van der Waals surface area contributed by atoms with Crippen LogP contribution in [0.5, 0.6) is 0 Å². The Bertz CT molecular complexity index is 4920. The average molecular weight is 1140 g/mol. The molecule has 0 atom stereocenters. The second-order valence-electron chi connectivity index (χ2n) is 23.8. The molecule has 0 N–H and O–H groups in total. The highest BCUT2D eigenvalue weighted by atomic mass is 28.3. The Morgan fingerprint density at radius 1 is 0.337 bits per heavy atom. The average Bonchev–Trinajstić information content (AvgIpc) is 0.675. The number of fused-ring (bicyclic) bond motifs is 8. The Hall–Kier alpha value is -9.57. The molecule has 0 spiro atoms. The van der Waals surface area contributed by atoms with Gasteiger partial charge in [0.05, 0.1) is 11.1 Å². The standard InChI is InChI=1S/C75H48B2F6N2Si/c1-43-29-31-59-63(34-43)84(48-19-9-4-10-20-48)66-39-47(75(81,82)83)37-57-55-42-67(86(50-23-13-6-14-24-50,51-25-15-7-16-26-51)52-27-17-8-18-28-52)58-41-62-68-54(36-45(3)53-40-61(76(59)73(57)66)69(55)71(58)70(53)68)56-33-44(2)35-65-72(56)77(62)60-32-30-46(74(78,79)80)38-64(60)85(65)49-21-11-5-12-22-49/h4-42H,1-3H3. The van der Waals surface area contributed by atoms with Gasteiger partial charge in [-0.2, -0.15) is 26.3 Å². The number of hydrogen-bond acceptors (Lipinski definition) is 2. The molecule has 0 unspecified atom stereocenters. The number of nitrogens with zero attached hydrogens (tertiary/aromatic N) is 2. The first-order valence-electron chi connectivity index (χ1n) is 29.1. The fourth-order valence-electron chi connectivity index (χ4n) is 15.8. The van der Waals surface area contributed by atoms with E-state index < -0.39 is 45.0 Å². The van der Waals surface area contributed by atoms with Gasteiger partial charge in [0.25, 0.3) is 0 Å². The minimum absolute atomic E-state index is 0.453. The van der Waals surface area contributed by atoms with Crippen molar-refractivity contribution in [2.45, 2.75) is 33.1 Å². The van der Waals surface area contributed by atoms with Gasteiger partial charge >= 0.3 is 12.4 Å². The van der Waals surface area contributed by atoms with Crippen molar-refractivity contribution in [3.63, 3.8) is 0 Å². The Balaban J connectivity index is 1.11. The van der Waals surface area contributed by atoms with Crippen molar-refractivity contribution in [3.8, 4) is 22.3 Å². The van der Waals surface area contributed by atoms with Gasteiger partial charge in [-0.3, -0.25) is 0 Å². The zero-order valence-corrected chi connectivity index (χ0v) is 47.8. The van der Waals surface area contributed by atoms with Gasteiger partial charge < -0.3 is 9.80 Å². The number of anilines is 6. The van der Waals surface area contributed by atoms with Gasteiger partial charge in [-0.15, -0.1) is 0 Å². The van der Waals surface area contributed by atoms with Crippen LogP contribution >= 0.6 is 0 Å². The minimum Gasteiger partial charge on any atom is -0.311 e. The molecule has 0 saturated carbocycles. The van der Waals surface area contributed by atoms with E-state index in [4.69, 9.17) is 0 Å². The number of alkyl halides is 6. The highest BCUT2D eigenvalue weighted by Crippen LogP contribution is 2.51. The summed E-state index contributed by atoms with van der Waals surface area (Å²) in [6.45, 7) is 5.25. The lowest BCUT2D eigenvalue weighted by atomic mass is 9.31. The van der Waals surface area contributed by atoms with Gasteiger partial charge in [0, 0.05) is 34.1 Å². The van der Waals surface area contributed by atoms with E-state index in [2.05, 4.69) is 141 Å². The van der Waals surface area contributed by atoms with Crippen molar-refractivity contribution in [3.05, 3.63) is 264 Å². The van der Waals surface area contributed by atoms with Gasteiger partial charge in [0.2, 0.25) is 13.4 Å². The van der Waals surface area contributed by atoms with Crippen molar-refractivity contribution in [1.29, 1.82) is 0 Å². The van der Waals surface area contributed by atoms with E-state index in [0.717, 1.165) is 142 Å². The minimum atomic E-state index is -4.71. The Kier molecular flexibility index (Phi) is 10.6. The highest BCUT2D eigenvalue weighted by molar-refractivity contribution is 7.21. The molecule has 0 saturated heterocycles. The monoisotopic (exact) mass is 1140 g/mol. The Morgan fingerprint density at radius 3 is 1.30 bits per heavy atom. The maximum absolute atomic E-state index is 16.2. The van der Waals surface area contributed by atoms with E-state index in [1.54, 1.807) is 6.07 Å². The molecule has 0 bridgehead atoms.